The summed E-state index contributed by atoms with van der Waals surface area (Å²) in [4.78, 5) is 24.3. The minimum absolute atomic E-state index is 0.0823. The van der Waals surface area contributed by atoms with Crippen molar-refractivity contribution in [1.29, 1.82) is 0 Å². The minimum Gasteiger partial charge on any atom is -0.338 e. The third kappa shape index (κ3) is 5.52. The van der Waals surface area contributed by atoms with E-state index in [1.165, 1.54) is 16.4 Å². The van der Waals surface area contributed by atoms with Crippen molar-refractivity contribution in [3.8, 4) is 0 Å². The van der Waals surface area contributed by atoms with Crippen molar-refractivity contribution in [3.05, 3.63) is 68.7 Å². The highest BCUT2D eigenvalue weighted by Crippen LogP contribution is 2.25. The van der Waals surface area contributed by atoms with Gasteiger partial charge in [0, 0.05) is 49.9 Å². The third-order valence-corrected chi connectivity index (χ3v) is 7.38. The van der Waals surface area contributed by atoms with E-state index in [-0.39, 0.29) is 42.8 Å². The van der Waals surface area contributed by atoms with Crippen LogP contribution >= 0.6 is 11.6 Å². The average Bonchev–Trinajstić information content (AvgIpc) is 2.74. The van der Waals surface area contributed by atoms with E-state index in [0.29, 0.717) is 23.6 Å². The van der Waals surface area contributed by atoms with Gasteiger partial charge in [0.05, 0.1) is 9.82 Å². The standard InChI is InChI=1S/C20H23ClN4O5S/c1-15-5-6-18(25(27)28)14-19(15)31(29,30)24-11-9-23(10-12-24)20(26)22-8-7-16-3-2-4-17(21)13-16/h2-6,13-14H,7-12H2,1H3,(H,22,26). The van der Waals surface area contributed by atoms with Crippen molar-refractivity contribution in [3.63, 3.8) is 0 Å². The van der Waals surface area contributed by atoms with Gasteiger partial charge in [-0.15, -0.1) is 0 Å². The molecule has 0 spiro atoms. The summed E-state index contributed by atoms with van der Waals surface area (Å²) in [6, 6.07) is 10.9. The number of nitrogens with one attached hydrogen (secondary N) is 1. The molecule has 0 atom stereocenters. The molecule has 0 unspecified atom stereocenters. The zero-order chi connectivity index (χ0) is 22.6. The fourth-order valence-electron chi connectivity index (χ4n) is 3.37. The lowest BCUT2D eigenvalue weighted by molar-refractivity contribution is -0.385. The van der Waals surface area contributed by atoms with Gasteiger partial charge >= 0.3 is 6.03 Å². The Kier molecular flexibility index (Phi) is 7.14. The van der Waals surface area contributed by atoms with E-state index in [2.05, 4.69) is 5.32 Å². The highest BCUT2D eigenvalue weighted by molar-refractivity contribution is 7.89. The van der Waals surface area contributed by atoms with Crippen LogP contribution in [0, 0.1) is 17.0 Å². The Morgan fingerprint density at radius 3 is 2.52 bits per heavy atom. The lowest BCUT2D eigenvalue weighted by Gasteiger charge is -2.34. The van der Waals surface area contributed by atoms with Gasteiger partial charge in [0.15, 0.2) is 0 Å². The molecule has 0 radical (unpaired) electrons. The number of amides is 2. The summed E-state index contributed by atoms with van der Waals surface area (Å²) in [5.41, 5.74) is 1.17. The smallest absolute Gasteiger partial charge is 0.317 e. The molecule has 2 amide bonds. The number of carbonyl (C=O) groups is 1. The van der Waals surface area contributed by atoms with Crippen LogP contribution in [0.2, 0.25) is 5.02 Å². The summed E-state index contributed by atoms with van der Waals surface area (Å²) in [5.74, 6) is 0. The predicted molar refractivity (Wildman–Crippen MR) is 117 cm³/mol. The maximum absolute atomic E-state index is 13.0. The molecule has 31 heavy (non-hydrogen) atoms. The highest BCUT2D eigenvalue weighted by atomic mass is 35.5. The number of rotatable bonds is 6. The molecule has 1 fully saturated rings. The fourth-order valence-corrected chi connectivity index (χ4v) is 5.25. The number of piperazine rings is 1. The molecule has 166 valence electrons. The number of halogens is 1. The summed E-state index contributed by atoms with van der Waals surface area (Å²) < 4.78 is 27.2. The van der Waals surface area contributed by atoms with Crippen LogP contribution in [0.1, 0.15) is 11.1 Å². The normalized spacial score (nSPS) is 15.0. The van der Waals surface area contributed by atoms with Gasteiger partial charge in [0.1, 0.15) is 0 Å². The second-order valence-electron chi connectivity index (χ2n) is 7.21. The molecule has 2 aromatic carbocycles. The van der Waals surface area contributed by atoms with Gasteiger partial charge in [-0.3, -0.25) is 10.1 Å². The Morgan fingerprint density at radius 1 is 1.16 bits per heavy atom. The van der Waals surface area contributed by atoms with Crippen LogP contribution in [-0.4, -0.2) is 61.3 Å². The van der Waals surface area contributed by atoms with Crippen LogP contribution in [-0.2, 0) is 16.4 Å². The molecule has 11 heteroatoms. The molecule has 9 nitrogen and oxygen atoms in total. The first-order valence-corrected chi connectivity index (χ1v) is 11.5. The first-order chi connectivity index (χ1) is 14.7. The number of nitro groups is 1. The van der Waals surface area contributed by atoms with Gasteiger partial charge < -0.3 is 10.2 Å². The molecule has 0 aromatic heterocycles. The summed E-state index contributed by atoms with van der Waals surface area (Å²) in [7, 11) is -3.90. The number of hydrogen-bond acceptors (Lipinski definition) is 5. The first kappa shape index (κ1) is 23.0. The van der Waals surface area contributed by atoms with Gasteiger partial charge in [-0.25, -0.2) is 13.2 Å². The number of hydrogen-bond donors (Lipinski definition) is 1. The van der Waals surface area contributed by atoms with Gasteiger partial charge in [-0.1, -0.05) is 29.8 Å². The Hall–Kier alpha value is -2.69. The molecule has 1 aliphatic heterocycles. The zero-order valence-electron chi connectivity index (χ0n) is 17.0. The van der Waals surface area contributed by atoms with E-state index >= 15 is 0 Å². The van der Waals surface area contributed by atoms with Crippen molar-refractivity contribution in [2.45, 2.75) is 18.2 Å². The van der Waals surface area contributed by atoms with Crippen molar-refractivity contribution in [2.24, 2.45) is 0 Å². The maximum atomic E-state index is 13.0. The number of aryl methyl sites for hydroxylation is 1. The Labute approximate surface area is 185 Å². The number of sulfonamides is 1. The largest absolute Gasteiger partial charge is 0.338 e. The van der Waals surface area contributed by atoms with Crippen LogP contribution in [0.15, 0.2) is 47.4 Å². The molecule has 1 aliphatic rings. The fraction of sp³-hybridized carbons (Fsp3) is 0.350. The Bertz CT molecular complexity index is 1080. The molecule has 1 saturated heterocycles. The molecule has 0 bridgehead atoms. The van der Waals surface area contributed by atoms with Gasteiger partial charge in [-0.2, -0.15) is 4.31 Å². The molecule has 1 N–H and O–H groups in total. The lowest BCUT2D eigenvalue weighted by Crippen LogP contribution is -2.53. The number of urea groups is 1. The number of nitrogens with zero attached hydrogens (tertiary/aromatic N) is 3. The molecule has 1 heterocycles. The minimum atomic E-state index is -3.90. The molecular weight excluding hydrogens is 444 g/mol. The van der Waals surface area contributed by atoms with Crippen molar-refractivity contribution in [2.75, 3.05) is 32.7 Å². The zero-order valence-corrected chi connectivity index (χ0v) is 18.5. The number of nitro benzene ring substituents is 1. The first-order valence-electron chi connectivity index (χ1n) is 9.71. The number of non-ortho nitro benzene ring substituents is 1. The Morgan fingerprint density at radius 2 is 1.87 bits per heavy atom. The van der Waals surface area contributed by atoms with E-state index in [4.69, 9.17) is 11.6 Å². The van der Waals surface area contributed by atoms with E-state index in [9.17, 15) is 23.3 Å². The van der Waals surface area contributed by atoms with Gasteiger partial charge in [0.2, 0.25) is 10.0 Å². The summed E-state index contributed by atoms with van der Waals surface area (Å²) in [6.45, 7) is 2.73. The summed E-state index contributed by atoms with van der Waals surface area (Å²) in [6.07, 6.45) is 0.632. The molecule has 2 aromatic rings. The number of benzene rings is 2. The molecule has 0 aliphatic carbocycles. The van der Waals surface area contributed by atoms with Crippen LogP contribution in [0.3, 0.4) is 0 Å². The number of carbonyl (C=O) groups excluding carboxylic acids is 1. The average molecular weight is 467 g/mol. The van der Waals surface area contributed by atoms with E-state index < -0.39 is 14.9 Å². The van der Waals surface area contributed by atoms with Crippen LogP contribution in [0.25, 0.3) is 0 Å². The Balaban J connectivity index is 1.56. The van der Waals surface area contributed by atoms with Crippen LogP contribution in [0.4, 0.5) is 10.5 Å². The molecular formula is C20H23ClN4O5S. The van der Waals surface area contributed by atoms with Gasteiger partial charge in [-0.05, 0) is 36.6 Å². The van der Waals surface area contributed by atoms with Gasteiger partial charge in [0.25, 0.3) is 5.69 Å². The van der Waals surface area contributed by atoms with Crippen LogP contribution < -0.4 is 5.32 Å². The van der Waals surface area contributed by atoms with E-state index in [1.807, 2.05) is 18.2 Å². The van der Waals surface area contributed by atoms with Crippen LogP contribution in [0.5, 0.6) is 0 Å². The predicted octanol–water partition coefficient (Wildman–Crippen LogP) is 2.82. The van der Waals surface area contributed by atoms with Crippen molar-refractivity contribution < 1.29 is 18.1 Å². The lowest BCUT2D eigenvalue weighted by atomic mass is 10.1. The highest BCUT2D eigenvalue weighted by Gasteiger charge is 2.32. The summed E-state index contributed by atoms with van der Waals surface area (Å²) in [5, 5.41) is 14.5. The maximum Gasteiger partial charge on any atom is 0.317 e. The van der Waals surface area contributed by atoms with E-state index in [1.54, 1.807) is 17.9 Å². The second kappa shape index (κ2) is 9.63. The molecule has 3 rings (SSSR count). The topological polar surface area (TPSA) is 113 Å². The van der Waals surface area contributed by atoms with E-state index in [0.717, 1.165) is 11.6 Å². The third-order valence-electron chi connectivity index (χ3n) is 5.11. The van der Waals surface area contributed by atoms with Crippen molar-refractivity contribution in [1.82, 2.24) is 14.5 Å². The second-order valence-corrected chi connectivity index (χ2v) is 9.55. The quantitative estimate of drug-likeness (QED) is 0.519. The van der Waals surface area contributed by atoms with Crippen molar-refractivity contribution >= 4 is 33.3 Å². The monoisotopic (exact) mass is 466 g/mol. The molecule has 0 saturated carbocycles. The SMILES string of the molecule is Cc1ccc([N+](=O)[O-])cc1S(=O)(=O)N1CCN(C(=O)NCCc2cccc(Cl)c2)CC1. The summed E-state index contributed by atoms with van der Waals surface area (Å²) >= 11 is 5.95.